The second-order valence-corrected chi connectivity index (χ2v) is 9.66. The van der Waals surface area contributed by atoms with Gasteiger partial charge in [-0.2, -0.15) is 0 Å². The molecule has 10 nitrogen and oxygen atoms in total. The summed E-state index contributed by atoms with van der Waals surface area (Å²) < 4.78 is 5.59. The Balaban J connectivity index is 1.71. The number of Topliss-reactive ketones (excluding diaryl/α,β-unsaturated/α-hetero) is 1. The molecule has 4 aromatic rings. The number of hydrogen-bond acceptors (Lipinski definition) is 9. The Labute approximate surface area is 222 Å². The number of nitrogens with zero attached hydrogens (tertiary/aromatic N) is 4. The van der Waals surface area contributed by atoms with Gasteiger partial charge in [0.15, 0.2) is 10.9 Å². The van der Waals surface area contributed by atoms with Crippen molar-refractivity contribution in [3.05, 3.63) is 91.7 Å². The number of aliphatic hydroxyl groups is 1. The molecule has 37 heavy (non-hydrogen) atoms. The Morgan fingerprint density at radius 3 is 2.54 bits per heavy atom. The van der Waals surface area contributed by atoms with Crippen LogP contribution in [0.4, 0.5) is 10.8 Å². The van der Waals surface area contributed by atoms with Gasteiger partial charge in [0.2, 0.25) is 0 Å². The minimum atomic E-state index is -1.09. The average Bonchev–Trinajstić information content (AvgIpc) is 3.41. The molecular formula is C24H14Cl2N4O6S. The van der Waals surface area contributed by atoms with Crippen LogP contribution in [-0.2, 0) is 9.59 Å². The Morgan fingerprint density at radius 1 is 1.19 bits per heavy atom. The highest BCUT2D eigenvalue weighted by atomic mass is 35.5. The summed E-state index contributed by atoms with van der Waals surface area (Å²) in [4.78, 5) is 47.0. The van der Waals surface area contributed by atoms with Crippen LogP contribution in [-0.4, -0.2) is 38.8 Å². The first-order chi connectivity index (χ1) is 17.7. The van der Waals surface area contributed by atoms with Crippen molar-refractivity contribution in [1.82, 2.24) is 9.97 Å². The molecule has 1 unspecified atom stereocenters. The largest absolute Gasteiger partial charge is 0.507 e. The Kier molecular flexibility index (Phi) is 6.28. The van der Waals surface area contributed by atoms with E-state index in [4.69, 9.17) is 27.9 Å². The molecule has 186 valence electrons. The fourth-order valence-electron chi connectivity index (χ4n) is 4.05. The van der Waals surface area contributed by atoms with Crippen molar-refractivity contribution in [3.8, 4) is 5.75 Å². The van der Waals surface area contributed by atoms with Crippen molar-refractivity contribution in [2.75, 3.05) is 12.0 Å². The lowest BCUT2D eigenvalue weighted by Crippen LogP contribution is -2.29. The van der Waals surface area contributed by atoms with Crippen LogP contribution in [0.25, 0.3) is 16.0 Å². The van der Waals surface area contributed by atoms with E-state index >= 15 is 0 Å². The van der Waals surface area contributed by atoms with Crippen molar-refractivity contribution in [1.29, 1.82) is 0 Å². The van der Waals surface area contributed by atoms with Crippen molar-refractivity contribution < 1.29 is 24.4 Å². The number of nitro benzene ring substituents is 1. The van der Waals surface area contributed by atoms with E-state index in [1.54, 1.807) is 12.1 Å². The molecule has 13 heteroatoms. The standard InChI is InChI=1S/C24H14Cl2N4O6S/c1-36-22-14(25)7-12(8-15(22)26)20(31)18-19(11-3-2-6-27-10-11)29(23(33)21(18)32)24-28-16-5-4-13(30(34)35)9-17(16)37-24/h2-10,19,31H,1H3/b20-18+. The summed E-state index contributed by atoms with van der Waals surface area (Å²) in [5, 5.41) is 22.8. The molecule has 2 aromatic carbocycles. The van der Waals surface area contributed by atoms with E-state index in [1.807, 2.05) is 0 Å². The lowest BCUT2D eigenvalue weighted by molar-refractivity contribution is -0.384. The number of anilines is 1. The fourth-order valence-corrected chi connectivity index (χ4v) is 5.71. The van der Waals surface area contributed by atoms with Gasteiger partial charge in [-0.15, -0.1) is 0 Å². The molecule has 1 N–H and O–H groups in total. The van der Waals surface area contributed by atoms with E-state index in [0.29, 0.717) is 15.8 Å². The number of carbonyl (C=O) groups excluding carboxylic acids is 2. The number of hydrogen-bond donors (Lipinski definition) is 1. The number of ether oxygens (including phenoxy) is 1. The maximum atomic E-state index is 13.3. The van der Waals surface area contributed by atoms with Crippen LogP contribution < -0.4 is 9.64 Å². The summed E-state index contributed by atoms with van der Waals surface area (Å²) in [7, 11) is 1.38. The van der Waals surface area contributed by atoms with E-state index in [-0.39, 0.29) is 37.8 Å². The highest BCUT2D eigenvalue weighted by molar-refractivity contribution is 7.22. The predicted molar refractivity (Wildman–Crippen MR) is 138 cm³/mol. The number of ketones is 1. The molecule has 1 aliphatic rings. The lowest BCUT2D eigenvalue weighted by atomic mass is 9.96. The maximum absolute atomic E-state index is 13.3. The molecule has 1 saturated heterocycles. The van der Waals surface area contributed by atoms with Gasteiger partial charge in [0.25, 0.3) is 11.5 Å². The van der Waals surface area contributed by atoms with Crippen LogP contribution in [0.3, 0.4) is 0 Å². The van der Waals surface area contributed by atoms with Gasteiger partial charge in [-0.3, -0.25) is 29.6 Å². The first kappa shape index (κ1) is 24.6. The number of benzene rings is 2. The lowest BCUT2D eigenvalue weighted by Gasteiger charge is -2.22. The third-order valence-corrected chi connectivity index (χ3v) is 7.28. The van der Waals surface area contributed by atoms with Crippen LogP contribution in [0.1, 0.15) is 17.2 Å². The highest BCUT2D eigenvalue weighted by Crippen LogP contribution is 2.45. The number of thiazole rings is 1. The fraction of sp³-hybridized carbons (Fsp3) is 0.0833. The normalized spacial score (nSPS) is 16.9. The molecule has 1 atom stereocenters. The third kappa shape index (κ3) is 4.16. The number of amides is 1. The number of methoxy groups -OCH3 is 1. The first-order valence-corrected chi connectivity index (χ1v) is 12.1. The molecule has 1 aliphatic heterocycles. The maximum Gasteiger partial charge on any atom is 0.301 e. The molecule has 0 saturated carbocycles. The number of carbonyl (C=O) groups is 2. The number of pyridine rings is 1. The average molecular weight is 557 g/mol. The monoisotopic (exact) mass is 556 g/mol. The number of aromatic nitrogens is 2. The van der Waals surface area contributed by atoms with E-state index in [0.717, 1.165) is 16.2 Å². The number of aliphatic hydroxyl groups excluding tert-OH is 1. The Morgan fingerprint density at radius 2 is 1.92 bits per heavy atom. The Bertz CT molecular complexity index is 1620. The molecule has 0 radical (unpaired) electrons. The summed E-state index contributed by atoms with van der Waals surface area (Å²) in [5.41, 5.74) is 0.579. The predicted octanol–water partition coefficient (Wildman–Crippen LogP) is 5.54. The molecule has 1 amide bonds. The number of fused-ring (bicyclic) bond motifs is 1. The van der Waals surface area contributed by atoms with Crippen molar-refractivity contribution in [3.63, 3.8) is 0 Å². The van der Waals surface area contributed by atoms with Gasteiger partial charge in [0.1, 0.15) is 5.76 Å². The number of rotatable bonds is 5. The molecule has 0 aliphatic carbocycles. The highest BCUT2D eigenvalue weighted by Gasteiger charge is 2.48. The van der Waals surface area contributed by atoms with Crippen LogP contribution in [0.2, 0.25) is 10.0 Å². The van der Waals surface area contributed by atoms with Crippen LogP contribution >= 0.6 is 34.5 Å². The van der Waals surface area contributed by atoms with E-state index in [9.17, 15) is 24.8 Å². The van der Waals surface area contributed by atoms with E-state index in [1.165, 1.54) is 49.8 Å². The third-order valence-electron chi connectivity index (χ3n) is 5.70. The van der Waals surface area contributed by atoms with Crippen LogP contribution in [0.15, 0.2) is 60.4 Å². The SMILES string of the molecule is COc1c(Cl)cc(/C(O)=C2\C(=O)C(=O)N(c3nc4ccc([N+](=O)[O-])cc4s3)C2c2cccnc2)cc1Cl. The number of nitro groups is 1. The van der Waals surface area contributed by atoms with Gasteiger partial charge in [0, 0.05) is 30.1 Å². The van der Waals surface area contributed by atoms with Gasteiger partial charge in [-0.05, 0) is 29.8 Å². The summed E-state index contributed by atoms with van der Waals surface area (Å²) in [6.45, 7) is 0. The number of halogens is 2. The second kappa shape index (κ2) is 9.43. The molecule has 0 spiro atoms. The zero-order valence-corrected chi connectivity index (χ0v) is 21.0. The van der Waals surface area contributed by atoms with E-state index in [2.05, 4.69) is 9.97 Å². The van der Waals surface area contributed by atoms with Crippen LogP contribution in [0.5, 0.6) is 5.75 Å². The van der Waals surface area contributed by atoms with Gasteiger partial charge < -0.3 is 9.84 Å². The quantitative estimate of drug-likeness (QED) is 0.111. The molecule has 2 aromatic heterocycles. The summed E-state index contributed by atoms with van der Waals surface area (Å²) >= 11 is 13.5. The summed E-state index contributed by atoms with van der Waals surface area (Å²) in [6, 6.07) is 9.02. The molecular weight excluding hydrogens is 543 g/mol. The second-order valence-electron chi connectivity index (χ2n) is 7.83. The minimum Gasteiger partial charge on any atom is -0.507 e. The summed E-state index contributed by atoms with van der Waals surface area (Å²) in [6.07, 6.45) is 2.98. The zero-order chi connectivity index (χ0) is 26.4. The van der Waals surface area contributed by atoms with E-state index < -0.39 is 28.4 Å². The van der Waals surface area contributed by atoms with Gasteiger partial charge in [0.05, 0.1) is 43.9 Å². The molecule has 0 bridgehead atoms. The minimum absolute atomic E-state index is 0.0940. The zero-order valence-electron chi connectivity index (χ0n) is 18.7. The van der Waals surface area contributed by atoms with Gasteiger partial charge in [-0.25, -0.2) is 4.98 Å². The molecule has 5 rings (SSSR count). The van der Waals surface area contributed by atoms with Crippen molar-refractivity contribution in [2.24, 2.45) is 0 Å². The topological polar surface area (TPSA) is 136 Å². The molecule has 1 fully saturated rings. The van der Waals surface area contributed by atoms with Crippen molar-refractivity contribution >= 4 is 73.0 Å². The molecule has 3 heterocycles. The van der Waals surface area contributed by atoms with Crippen molar-refractivity contribution in [2.45, 2.75) is 6.04 Å². The summed E-state index contributed by atoms with van der Waals surface area (Å²) in [5.74, 6) is -2.21. The van der Waals surface area contributed by atoms with Gasteiger partial charge in [-0.1, -0.05) is 40.6 Å². The number of non-ortho nitro benzene ring substituents is 1. The van der Waals surface area contributed by atoms with Gasteiger partial charge >= 0.3 is 5.91 Å². The first-order valence-electron chi connectivity index (χ1n) is 10.5. The Hall–Kier alpha value is -4.06. The van der Waals surface area contributed by atoms with Crippen LogP contribution in [0, 0.1) is 10.1 Å². The smallest absolute Gasteiger partial charge is 0.301 e.